The third-order valence-corrected chi connectivity index (χ3v) is 9.04. The molecule has 3 saturated heterocycles. The highest BCUT2D eigenvalue weighted by atomic mass is 19.1. The van der Waals surface area contributed by atoms with Crippen molar-refractivity contribution in [3.63, 3.8) is 0 Å². The lowest BCUT2D eigenvalue weighted by Crippen LogP contribution is -2.51. The van der Waals surface area contributed by atoms with E-state index in [4.69, 9.17) is 30.2 Å². The number of aryl methyl sites for hydroxylation is 1. The largest absolute Gasteiger partial charge is 0.508 e. The lowest BCUT2D eigenvalue weighted by Gasteiger charge is -2.34. The number of aromatic hydroxyl groups is 1. The third kappa shape index (κ3) is 4.94. The molecule has 0 saturated carbocycles. The van der Waals surface area contributed by atoms with Crippen molar-refractivity contribution in [2.24, 2.45) is 11.1 Å². The van der Waals surface area contributed by atoms with Crippen LogP contribution in [-0.2, 0) is 11.2 Å². The van der Waals surface area contributed by atoms with E-state index in [0.29, 0.717) is 82.8 Å². The van der Waals surface area contributed by atoms with Gasteiger partial charge in [0.15, 0.2) is 0 Å². The van der Waals surface area contributed by atoms with Gasteiger partial charge in [0.25, 0.3) is 0 Å². The highest BCUT2D eigenvalue weighted by Gasteiger charge is 2.37. The summed E-state index contributed by atoms with van der Waals surface area (Å²) in [5.74, 6) is 0.416. The monoisotopic (exact) mass is 595 g/mol. The van der Waals surface area contributed by atoms with E-state index in [1.165, 1.54) is 12.3 Å². The number of fused-ring (bicyclic) bond motifs is 4. The first kappa shape index (κ1) is 28.3. The van der Waals surface area contributed by atoms with Crippen molar-refractivity contribution < 1.29 is 19.0 Å². The molecule has 44 heavy (non-hydrogen) atoms. The zero-order chi connectivity index (χ0) is 30.4. The fourth-order valence-corrected chi connectivity index (χ4v) is 6.85. The van der Waals surface area contributed by atoms with Crippen LogP contribution in [0.1, 0.15) is 37.4 Å². The van der Waals surface area contributed by atoms with Gasteiger partial charge < -0.3 is 30.5 Å². The maximum Gasteiger partial charge on any atom is 0.319 e. The molecular weight excluding hydrogens is 561 g/mol. The minimum Gasteiger partial charge on any atom is -0.508 e. The van der Waals surface area contributed by atoms with Gasteiger partial charge in [-0.1, -0.05) is 13.0 Å². The van der Waals surface area contributed by atoms with Gasteiger partial charge in [-0.15, -0.1) is 0 Å². The van der Waals surface area contributed by atoms with Crippen molar-refractivity contribution in [3.8, 4) is 29.1 Å². The number of nitrogens with one attached hydrogen (secondary N) is 1. The van der Waals surface area contributed by atoms with Crippen molar-refractivity contribution in [2.75, 3.05) is 37.8 Å². The maximum absolute atomic E-state index is 15.0. The molecule has 3 aliphatic rings. The van der Waals surface area contributed by atoms with Crippen LogP contribution >= 0.6 is 0 Å². The van der Waals surface area contributed by atoms with Crippen LogP contribution in [0.5, 0.6) is 11.8 Å². The van der Waals surface area contributed by atoms with Gasteiger partial charge in [-0.2, -0.15) is 15.2 Å². The summed E-state index contributed by atoms with van der Waals surface area (Å²) >= 11 is 0. The van der Waals surface area contributed by atoms with E-state index in [1.54, 1.807) is 24.3 Å². The van der Waals surface area contributed by atoms with E-state index >= 15 is 4.39 Å². The normalized spacial score (nSPS) is 23.2. The number of aromatic nitrogens is 3. The van der Waals surface area contributed by atoms with Gasteiger partial charge in [0.2, 0.25) is 0 Å². The van der Waals surface area contributed by atoms with Gasteiger partial charge in [-0.3, -0.25) is 0 Å². The molecule has 0 aliphatic carbocycles. The molecule has 2 aromatic heterocycles. The van der Waals surface area contributed by atoms with Gasteiger partial charge in [-0.05, 0) is 78.6 Å². The number of phenols is 1. The number of benzene rings is 2. The first-order valence-electron chi connectivity index (χ1n) is 15.1. The van der Waals surface area contributed by atoms with Crippen LogP contribution in [0.3, 0.4) is 0 Å². The predicted molar refractivity (Wildman–Crippen MR) is 166 cm³/mol. The molecule has 0 amide bonds. The van der Waals surface area contributed by atoms with Crippen LogP contribution in [0, 0.1) is 22.6 Å². The Morgan fingerprint density at radius 2 is 2.02 bits per heavy atom. The van der Waals surface area contributed by atoms with E-state index in [9.17, 15) is 10.4 Å². The molecule has 7 rings (SSSR count). The molecule has 10 nitrogen and oxygen atoms in total. The average Bonchev–Trinajstić information content (AvgIpc) is 3.65. The fraction of sp³-hybridized carbons (Fsp3) is 0.394. The van der Waals surface area contributed by atoms with Crippen LogP contribution in [0.25, 0.3) is 39.0 Å². The highest BCUT2D eigenvalue weighted by Crippen LogP contribution is 2.39. The fourth-order valence-electron chi connectivity index (χ4n) is 6.85. The summed E-state index contributed by atoms with van der Waals surface area (Å²) < 4.78 is 26.7. The quantitative estimate of drug-likeness (QED) is 0.281. The summed E-state index contributed by atoms with van der Waals surface area (Å²) in [6.45, 7) is 4.34. The topological polar surface area (TPSA) is 142 Å². The number of phenolic OH excluding ortho intramolecular Hbond substituents is 1. The van der Waals surface area contributed by atoms with Crippen molar-refractivity contribution in [3.05, 3.63) is 53.6 Å². The van der Waals surface area contributed by atoms with Gasteiger partial charge in [-0.25, -0.2) is 9.37 Å². The smallest absolute Gasteiger partial charge is 0.319 e. The molecule has 4 N–H and O–H groups in total. The minimum absolute atomic E-state index is 0.0447. The molecule has 3 aliphatic heterocycles. The Morgan fingerprint density at radius 3 is 2.73 bits per heavy atom. The summed E-state index contributed by atoms with van der Waals surface area (Å²) in [7, 11) is 0. The molecule has 0 radical (unpaired) electrons. The highest BCUT2D eigenvalue weighted by molar-refractivity contribution is 6.03. The number of anilines is 1. The predicted octanol–water partition coefficient (Wildman–Crippen LogP) is 4.43. The second kappa shape index (κ2) is 11.2. The molecule has 5 heterocycles. The Labute approximate surface area is 254 Å². The summed E-state index contributed by atoms with van der Waals surface area (Å²) in [5.41, 5.74) is 7.92. The van der Waals surface area contributed by atoms with Gasteiger partial charge in [0.1, 0.15) is 29.4 Å². The van der Waals surface area contributed by atoms with Gasteiger partial charge in [0.05, 0.1) is 35.0 Å². The molecule has 2 aromatic carbocycles. The molecule has 11 heteroatoms. The van der Waals surface area contributed by atoms with E-state index in [-0.39, 0.29) is 24.2 Å². The Bertz CT molecular complexity index is 1820. The zero-order valence-electron chi connectivity index (χ0n) is 24.5. The SMILES string of the molecule is CCc1c(F)ccc2cc(O)cc(-c3cc4nc(OCC5(C#N)CCOC5)nc(N5CC6CCC(C5)N6)c4c(/C=C\N)n3)c12. The summed E-state index contributed by atoms with van der Waals surface area (Å²) in [6, 6.07) is 11.4. The molecule has 3 atom stereocenters. The van der Waals surface area contributed by atoms with Crippen molar-refractivity contribution in [1.29, 1.82) is 5.26 Å². The number of pyridine rings is 1. The van der Waals surface area contributed by atoms with Crippen LogP contribution in [-0.4, -0.2) is 65.1 Å². The summed E-state index contributed by atoms with van der Waals surface area (Å²) in [6.07, 6.45) is 6.36. The van der Waals surface area contributed by atoms with Crippen LogP contribution < -0.4 is 20.7 Å². The lowest BCUT2D eigenvalue weighted by atomic mass is 9.91. The molecule has 0 spiro atoms. The van der Waals surface area contributed by atoms with E-state index in [0.717, 1.165) is 31.3 Å². The molecule has 4 aromatic rings. The second-order valence-corrected chi connectivity index (χ2v) is 12.0. The van der Waals surface area contributed by atoms with E-state index < -0.39 is 5.41 Å². The number of ether oxygens (including phenoxy) is 2. The average molecular weight is 596 g/mol. The number of halogens is 1. The molecule has 2 bridgehead atoms. The van der Waals surface area contributed by atoms with Gasteiger partial charge >= 0.3 is 6.01 Å². The molecule has 3 fully saturated rings. The Balaban J connectivity index is 1.44. The molecular formula is C33H34FN7O3. The standard InChI is InChI=1S/C33H34FN7O3/c1-2-23-25(34)6-3-19-11-22(42)12-24(29(19)23)27-13-28-30(26(38-27)7-9-35)31(41-14-20-4-5-21(15-41)37-20)40-32(39-28)44-18-33(16-36)8-10-43-17-33/h3,6-7,9,11-13,20-21,37,42H,2,4-5,8,10,14-15,17-18,35H2,1H3/b9-7-. The first-order valence-corrected chi connectivity index (χ1v) is 15.1. The number of hydrogen-bond donors (Lipinski definition) is 3. The van der Waals surface area contributed by atoms with Crippen LogP contribution in [0.2, 0.25) is 0 Å². The number of hydrogen-bond acceptors (Lipinski definition) is 10. The van der Waals surface area contributed by atoms with Crippen LogP contribution in [0.4, 0.5) is 10.2 Å². The third-order valence-electron chi connectivity index (χ3n) is 9.04. The molecule has 3 unspecified atom stereocenters. The van der Waals surface area contributed by atoms with Crippen molar-refractivity contribution in [2.45, 2.75) is 44.7 Å². The Morgan fingerprint density at radius 1 is 1.20 bits per heavy atom. The van der Waals surface area contributed by atoms with Crippen LogP contribution in [0.15, 0.2) is 36.5 Å². The number of nitrogens with zero attached hydrogens (tertiary/aromatic N) is 5. The van der Waals surface area contributed by atoms with Gasteiger partial charge in [0, 0.05) is 37.3 Å². The first-order chi connectivity index (χ1) is 21.4. The Hall–Kier alpha value is -4.53. The summed E-state index contributed by atoms with van der Waals surface area (Å²) in [5, 5.41) is 26.3. The maximum atomic E-state index is 15.0. The number of piperazine rings is 1. The zero-order valence-corrected chi connectivity index (χ0v) is 24.5. The Kier molecular flexibility index (Phi) is 7.19. The number of rotatable bonds is 7. The lowest BCUT2D eigenvalue weighted by molar-refractivity contribution is 0.134. The summed E-state index contributed by atoms with van der Waals surface area (Å²) in [4.78, 5) is 17.0. The minimum atomic E-state index is -0.759. The number of nitrogens with two attached hydrogens (primary N) is 1. The molecule has 226 valence electrons. The van der Waals surface area contributed by atoms with E-state index in [2.05, 4.69) is 16.3 Å². The van der Waals surface area contributed by atoms with Crippen molar-refractivity contribution >= 4 is 33.6 Å². The van der Waals surface area contributed by atoms with E-state index in [1.807, 2.05) is 13.0 Å². The number of nitriles is 1. The second-order valence-electron chi connectivity index (χ2n) is 12.0. The van der Waals surface area contributed by atoms with Crippen molar-refractivity contribution in [1.82, 2.24) is 20.3 Å².